The molecule has 0 fully saturated rings. The van der Waals surface area contributed by atoms with E-state index in [-0.39, 0.29) is 0 Å². The van der Waals surface area contributed by atoms with Gasteiger partial charge in [0.15, 0.2) is 11.5 Å². The second-order valence-corrected chi connectivity index (χ2v) is 4.96. The molecular weight excluding hydrogens is 288 g/mol. The van der Waals surface area contributed by atoms with Crippen molar-refractivity contribution in [2.24, 2.45) is 0 Å². The predicted octanol–water partition coefficient (Wildman–Crippen LogP) is 5.58. The molecule has 0 atom stereocenters. The molecule has 0 N–H and O–H groups in total. The van der Waals surface area contributed by atoms with Gasteiger partial charge in [-0.1, -0.05) is 42.5 Å². The first-order valence-corrected chi connectivity index (χ1v) is 7.31. The number of hydrogen-bond acceptors (Lipinski definition) is 3. The summed E-state index contributed by atoms with van der Waals surface area (Å²) in [4.78, 5) is 0. The Morgan fingerprint density at radius 3 is 1.78 bits per heavy atom. The fourth-order valence-electron chi connectivity index (χ4n) is 2.16. The molecule has 3 aromatic rings. The molecule has 0 saturated heterocycles. The summed E-state index contributed by atoms with van der Waals surface area (Å²) in [5, 5.41) is 0. The predicted molar refractivity (Wildman–Crippen MR) is 89.6 cm³/mol. The molecule has 1 radical (unpaired) electrons. The molecule has 3 heteroatoms. The molecule has 0 bridgehead atoms. The largest absolute Gasteiger partial charge is 0.453 e. The van der Waals surface area contributed by atoms with E-state index in [0.29, 0.717) is 18.1 Å². The lowest BCUT2D eigenvalue weighted by Crippen LogP contribution is -1.93. The van der Waals surface area contributed by atoms with E-state index in [4.69, 9.17) is 14.2 Å². The van der Waals surface area contributed by atoms with Gasteiger partial charge in [-0.3, -0.25) is 0 Å². The second-order valence-electron chi connectivity index (χ2n) is 4.96. The second kappa shape index (κ2) is 7.47. The standard InChI is InChI=1S/C20H17O3/c1-21-15-16-12-13-19(22-17-8-4-2-5-9-17)20(14-16)23-18-10-6-3-7-11-18/h2-14H,1,15H2. The third-order valence-electron chi connectivity index (χ3n) is 3.22. The first-order valence-electron chi connectivity index (χ1n) is 7.31. The highest BCUT2D eigenvalue weighted by molar-refractivity contribution is 5.47. The Morgan fingerprint density at radius 2 is 1.22 bits per heavy atom. The van der Waals surface area contributed by atoms with Crippen molar-refractivity contribution in [3.63, 3.8) is 0 Å². The molecule has 0 heterocycles. The lowest BCUT2D eigenvalue weighted by Gasteiger charge is -2.13. The van der Waals surface area contributed by atoms with Crippen LogP contribution in [0.25, 0.3) is 0 Å². The molecular formula is C20H17O3. The Balaban J connectivity index is 1.90. The van der Waals surface area contributed by atoms with E-state index in [1.54, 1.807) is 0 Å². The fraction of sp³-hybridized carbons (Fsp3) is 0.0500. The summed E-state index contributed by atoms with van der Waals surface area (Å²) in [5.41, 5.74) is 0.964. The van der Waals surface area contributed by atoms with Gasteiger partial charge in [0.1, 0.15) is 11.5 Å². The SMILES string of the molecule is [CH2]OCc1ccc(Oc2ccccc2)c(Oc2ccccc2)c1. The highest BCUT2D eigenvalue weighted by atomic mass is 16.5. The van der Waals surface area contributed by atoms with E-state index < -0.39 is 0 Å². The smallest absolute Gasteiger partial charge is 0.170 e. The zero-order valence-electron chi connectivity index (χ0n) is 12.6. The lowest BCUT2D eigenvalue weighted by molar-refractivity contribution is 0.228. The third kappa shape index (κ3) is 4.11. The summed E-state index contributed by atoms with van der Waals surface area (Å²) in [6.45, 7) is 0.413. The van der Waals surface area contributed by atoms with Gasteiger partial charge in [0.05, 0.1) is 13.7 Å². The van der Waals surface area contributed by atoms with Crippen LogP contribution in [-0.2, 0) is 11.3 Å². The van der Waals surface area contributed by atoms with Crippen LogP contribution in [0.2, 0.25) is 0 Å². The summed E-state index contributed by atoms with van der Waals surface area (Å²) < 4.78 is 16.8. The van der Waals surface area contributed by atoms with Gasteiger partial charge in [-0.25, -0.2) is 0 Å². The van der Waals surface area contributed by atoms with E-state index in [1.165, 1.54) is 0 Å². The van der Waals surface area contributed by atoms with Crippen molar-refractivity contribution in [2.75, 3.05) is 0 Å². The minimum Gasteiger partial charge on any atom is -0.453 e. The van der Waals surface area contributed by atoms with Crippen molar-refractivity contribution in [3.8, 4) is 23.0 Å². The fourth-order valence-corrected chi connectivity index (χ4v) is 2.16. The van der Waals surface area contributed by atoms with Gasteiger partial charge in [0.2, 0.25) is 0 Å². The normalized spacial score (nSPS) is 10.3. The van der Waals surface area contributed by atoms with Crippen molar-refractivity contribution in [1.82, 2.24) is 0 Å². The van der Waals surface area contributed by atoms with Crippen molar-refractivity contribution >= 4 is 0 Å². The average Bonchev–Trinajstić information content (AvgIpc) is 2.59. The minimum absolute atomic E-state index is 0.413. The van der Waals surface area contributed by atoms with Crippen LogP contribution in [0.3, 0.4) is 0 Å². The Kier molecular flexibility index (Phi) is 4.92. The van der Waals surface area contributed by atoms with Crippen LogP contribution in [0.15, 0.2) is 78.9 Å². The van der Waals surface area contributed by atoms with Crippen molar-refractivity contribution < 1.29 is 14.2 Å². The molecule has 0 aliphatic rings. The average molecular weight is 305 g/mol. The molecule has 3 nitrogen and oxygen atoms in total. The summed E-state index contributed by atoms with van der Waals surface area (Å²) in [6.07, 6.45) is 0. The van der Waals surface area contributed by atoms with Crippen LogP contribution in [0.1, 0.15) is 5.56 Å². The molecule has 3 rings (SSSR count). The third-order valence-corrected chi connectivity index (χ3v) is 3.22. The molecule has 23 heavy (non-hydrogen) atoms. The highest BCUT2D eigenvalue weighted by Crippen LogP contribution is 2.35. The van der Waals surface area contributed by atoms with Crippen molar-refractivity contribution in [2.45, 2.75) is 6.61 Å². The number of para-hydroxylation sites is 2. The van der Waals surface area contributed by atoms with Crippen LogP contribution in [0.5, 0.6) is 23.0 Å². The molecule has 0 aliphatic heterocycles. The van der Waals surface area contributed by atoms with Gasteiger partial charge in [-0.15, -0.1) is 0 Å². The zero-order valence-corrected chi connectivity index (χ0v) is 12.6. The number of hydrogen-bond donors (Lipinski definition) is 0. The van der Waals surface area contributed by atoms with Gasteiger partial charge in [0.25, 0.3) is 0 Å². The topological polar surface area (TPSA) is 27.7 Å². The Bertz CT molecular complexity index is 739. The highest BCUT2D eigenvalue weighted by Gasteiger charge is 2.09. The van der Waals surface area contributed by atoms with E-state index >= 15 is 0 Å². The quantitative estimate of drug-likeness (QED) is 0.595. The summed E-state index contributed by atoms with van der Waals surface area (Å²) in [5.74, 6) is 2.78. The zero-order chi connectivity index (χ0) is 15.9. The molecule has 0 aromatic heterocycles. The van der Waals surface area contributed by atoms with E-state index in [9.17, 15) is 0 Å². The molecule has 0 amide bonds. The Hall–Kier alpha value is -2.78. The van der Waals surface area contributed by atoms with Crippen LogP contribution in [0, 0.1) is 7.11 Å². The maximum Gasteiger partial charge on any atom is 0.170 e. The first kappa shape index (κ1) is 15.1. The number of ether oxygens (including phenoxy) is 3. The van der Waals surface area contributed by atoms with E-state index in [0.717, 1.165) is 17.1 Å². The monoisotopic (exact) mass is 305 g/mol. The molecule has 0 aliphatic carbocycles. The molecule has 3 aromatic carbocycles. The maximum absolute atomic E-state index is 5.97. The molecule has 0 spiro atoms. The maximum atomic E-state index is 5.97. The van der Waals surface area contributed by atoms with Gasteiger partial charge in [0, 0.05) is 0 Å². The summed E-state index contributed by atoms with van der Waals surface area (Å²) in [7, 11) is 3.41. The van der Waals surface area contributed by atoms with Crippen molar-refractivity contribution in [3.05, 3.63) is 91.5 Å². The minimum atomic E-state index is 0.413. The Morgan fingerprint density at radius 1 is 0.652 bits per heavy atom. The van der Waals surface area contributed by atoms with Gasteiger partial charge >= 0.3 is 0 Å². The van der Waals surface area contributed by atoms with Crippen LogP contribution in [-0.4, -0.2) is 0 Å². The van der Waals surface area contributed by atoms with Crippen molar-refractivity contribution in [1.29, 1.82) is 0 Å². The van der Waals surface area contributed by atoms with Gasteiger partial charge in [-0.2, -0.15) is 0 Å². The molecule has 0 unspecified atom stereocenters. The van der Waals surface area contributed by atoms with Gasteiger partial charge < -0.3 is 14.2 Å². The lowest BCUT2D eigenvalue weighted by atomic mass is 10.2. The van der Waals surface area contributed by atoms with E-state index in [1.807, 2.05) is 78.9 Å². The number of benzene rings is 3. The van der Waals surface area contributed by atoms with Crippen LogP contribution in [0.4, 0.5) is 0 Å². The first-order chi connectivity index (χ1) is 11.3. The summed E-state index contributed by atoms with van der Waals surface area (Å²) >= 11 is 0. The number of rotatable bonds is 6. The molecule has 0 saturated carbocycles. The Labute approximate surface area is 136 Å². The molecule has 115 valence electrons. The van der Waals surface area contributed by atoms with Crippen LogP contribution >= 0.6 is 0 Å². The summed E-state index contributed by atoms with van der Waals surface area (Å²) in [6, 6.07) is 24.9. The van der Waals surface area contributed by atoms with E-state index in [2.05, 4.69) is 7.11 Å². The van der Waals surface area contributed by atoms with Crippen LogP contribution < -0.4 is 9.47 Å². The van der Waals surface area contributed by atoms with Gasteiger partial charge in [-0.05, 0) is 42.0 Å².